The summed E-state index contributed by atoms with van der Waals surface area (Å²) in [5, 5.41) is 18.8. The van der Waals surface area contributed by atoms with Crippen molar-refractivity contribution in [3.63, 3.8) is 0 Å². The molecule has 2 bridgehead atoms. The summed E-state index contributed by atoms with van der Waals surface area (Å²) < 4.78 is 5.70. The molecule has 1 aromatic carbocycles. The van der Waals surface area contributed by atoms with Gasteiger partial charge < -0.3 is 20.2 Å². The summed E-state index contributed by atoms with van der Waals surface area (Å²) in [6.07, 6.45) is 2.87. The number of fused-ring (bicyclic) bond motifs is 3. The van der Waals surface area contributed by atoms with Crippen LogP contribution in [0.4, 0.5) is 4.79 Å². The number of hydroxylamine groups is 2. The highest BCUT2D eigenvalue weighted by molar-refractivity contribution is 5.77. The Morgan fingerprint density at radius 1 is 1.32 bits per heavy atom. The number of hydrogen-bond donors (Lipinski definition) is 2. The van der Waals surface area contributed by atoms with Crippen molar-refractivity contribution in [2.24, 2.45) is 11.1 Å². The number of nitrogens with zero attached hydrogens (tertiary/aromatic N) is 4. The van der Waals surface area contributed by atoms with E-state index in [-0.39, 0.29) is 36.0 Å². The van der Waals surface area contributed by atoms with Crippen LogP contribution in [-0.2, 0) is 11.4 Å². The van der Waals surface area contributed by atoms with E-state index in [0.717, 1.165) is 24.8 Å². The zero-order valence-electron chi connectivity index (χ0n) is 15.4. The predicted molar refractivity (Wildman–Crippen MR) is 96.3 cm³/mol. The molecule has 2 saturated heterocycles. The first-order chi connectivity index (χ1) is 13.6. The number of urea groups is 1. The van der Waals surface area contributed by atoms with E-state index in [2.05, 4.69) is 10.2 Å². The summed E-state index contributed by atoms with van der Waals surface area (Å²) in [7, 11) is 0. The average Bonchev–Trinajstić information content (AvgIpc) is 3.20. The van der Waals surface area contributed by atoms with Gasteiger partial charge in [0.2, 0.25) is 11.8 Å². The van der Waals surface area contributed by atoms with Crippen molar-refractivity contribution in [1.82, 2.24) is 20.2 Å². The van der Waals surface area contributed by atoms with Crippen molar-refractivity contribution in [2.45, 2.75) is 44.0 Å². The Kier molecular flexibility index (Phi) is 4.11. The van der Waals surface area contributed by atoms with E-state index in [1.54, 1.807) is 9.96 Å². The van der Waals surface area contributed by atoms with Gasteiger partial charge in [-0.1, -0.05) is 30.3 Å². The molecule has 3 fully saturated rings. The molecule has 9 nitrogen and oxygen atoms in total. The molecule has 1 saturated carbocycles. The highest BCUT2D eigenvalue weighted by Crippen LogP contribution is 2.61. The second-order valence-electron chi connectivity index (χ2n) is 7.89. The van der Waals surface area contributed by atoms with Crippen LogP contribution in [0.25, 0.3) is 0 Å². The highest BCUT2D eigenvalue weighted by atomic mass is 16.7. The van der Waals surface area contributed by atoms with E-state index in [1.165, 1.54) is 0 Å². The standard InChI is InChI=1S/C19H23N5O4/c20-13(10-25)16-21-22-17(28-16)14-8-19(6-7-19)15-9-23(14)18(26)24(15)27-11-12-4-2-1-3-5-12/h1-5,13-15,25H,6-11,20H2/t13-,14+,15+/m1/s1. The van der Waals surface area contributed by atoms with Crippen LogP contribution >= 0.6 is 0 Å². The van der Waals surface area contributed by atoms with Crippen LogP contribution in [0.3, 0.4) is 0 Å². The van der Waals surface area contributed by atoms with E-state index in [0.29, 0.717) is 19.0 Å². The van der Waals surface area contributed by atoms with Crippen LogP contribution < -0.4 is 5.73 Å². The van der Waals surface area contributed by atoms with Crippen molar-refractivity contribution in [2.75, 3.05) is 13.2 Å². The van der Waals surface area contributed by atoms with Gasteiger partial charge in [0.1, 0.15) is 18.7 Å². The summed E-state index contributed by atoms with van der Waals surface area (Å²) in [6.45, 7) is 0.665. The minimum absolute atomic E-state index is 0.0394. The maximum Gasteiger partial charge on any atom is 0.345 e. The number of aliphatic hydroxyl groups excluding tert-OH is 1. The number of carbonyl (C=O) groups excluding carboxylic acids is 1. The number of amides is 2. The van der Waals surface area contributed by atoms with Crippen molar-refractivity contribution < 1.29 is 19.2 Å². The first kappa shape index (κ1) is 17.6. The smallest absolute Gasteiger partial charge is 0.345 e. The quantitative estimate of drug-likeness (QED) is 0.774. The summed E-state index contributed by atoms with van der Waals surface area (Å²) in [5.74, 6) is 0.565. The number of aromatic nitrogens is 2. The Morgan fingerprint density at radius 2 is 2.11 bits per heavy atom. The fourth-order valence-electron chi connectivity index (χ4n) is 4.32. The number of rotatable bonds is 6. The lowest BCUT2D eigenvalue weighted by atomic mass is 9.85. The van der Waals surface area contributed by atoms with Gasteiger partial charge in [-0.25, -0.2) is 4.79 Å². The van der Waals surface area contributed by atoms with E-state index < -0.39 is 6.04 Å². The first-order valence-corrected chi connectivity index (χ1v) is 9.58. The van der Waals surface area contributed by atoms with Crippen LogP contribution in [0.5, 0.6) is 0 Å². The fourth-order valence-corrected chi connectivity index (χ4v) is 4.32. The summed E-state index contributed by atoms with van der Waals surface area (Å²) in [4.78, 5) is 20.8. The molecule has 148 valence electrons. The number of benzene rings is 1. The maximum atomic E-state index is 13.1. The third-order valence-corrected chi connectivity index (χ3v) is 6.13. The third kappa shape index (κ3) is 2.78. The van der Waals surface area contributed by atoms with Crippen LogP contribution in [0, 0.1) is 5.41 Å². The monoisotopic (exact) mass is 385 g/mol. The van der Waals surface area contributed by atoms with Crippen LogP contribution in [0.1, 0.15) is 48.7 Å². The lowest BCUT2D eigenvalue weighted by Crippen LogP contribution is -2.42. The SMILES string of the molecule is N[C@H](CO)c1nnc([C@@H]2CC3(CC3)[C@@H]3CN2C(=O)N3OCc2ccccc2)o1. The van der Waals surface area contributed by atoms with Gasteiger partial charge >= 0.3 is 6.03 Å². The van der Waals surface area contributed by atoms with Crippen molar-refractivity contribution in [3.8, 4) is 0 Å². The second kappa shape index (κ2) is 6.54. The van der Waals surface area contributed by atoms with Gasteiger partial charge in [-0.2, -0.15) is 5.06 Å². The molecule has 3 N–H and O–H groups in total. The molecular formula is C19H23N5O4. The van der Waals surface area contributed by atoms with Crippen molar-refractivity contribution in [3.05, 3.63) is 47.7 Å². The normalized spacial score (nSPS) is 26.1. The maximum absolute atomic E-state index is 13.1. The van der Waals surface area contributed by atoms with Crippen LogP contribution in [0.2, 0.25) is 0 Å². The molecule has 0 radical (unpaired) electrons. The Hall–Kier alpha value is -2.49. The molecule has 2 aliphatic heterocycles. The van der Waals surface area contributed by atoms with E-state index in [9.17, 15) is 9.90 Å². The number of piperidine rings is 1. The van der Waals surface area contributed by atoms with Gasteiger partial charge in [-0.05, 0) is 30.2 Å². The van der Waals surface area contributed by atoms with Gasteiger partial charge in [-0.15, -0.1) is 10.2 Å². The van der Waals surface area contributed by atoms with Gasteiger partial charge in [0.15, 0.2) is 0 Å². The Morgan fingerprint density at radius 3 is 2.82 bits per heavy atom. The molecule has 2 amide bonds. The van der Waals surface area contributed by atoms with Crippen LogP contribution in [-0.4, -0.2) is 50.5 Å². The number of aliphatic hydroxyl groups is 1. The van der Waals surface area contributed by atoms with E-state index in [4.69, 9.17) is 15.0 Å². The Bertz CT molecular complexity index is 868. The van der Waals surface area contributed by atoms with Crippen molar-refractivity contribution >= 4 is 6.03 Å². The highest BCUT2D eigenvalue weighted by Gasteiger charge is 2.64. The molecule has 3 heterocycles. The Balaban J connectivity index is 1.37. The zero-order chi connectivity index (χ0) is 19.3. The fraction of sp³-hybridized carbons (Fsp3) is 0.526. The molecule has 1 aromatic heterocycles. The Labute approximate surface area is 162 Å². The molecule has 2 aromatic rings. The molecule has 1 spiro atoms. The van der Waals surface area contributed by atoms with Crippen molar-refractivity contribution in [1.29, 1.82) is 0 Å². The molecule has 3 aliphatic rings. The summed E-state index contributed by atoms with van der Waals surface area (Å²) >= 11 is 0. The summed E-state index contributed by atoms with van der Waals surface area (Å²) in [5.41, 5.74) is 6.83. The third-order valence-electron chi connectivity index (χ3n) is 6.13. The minimum atomic E-state index is -0.715. The number of nitrogens with two attached hydrogens (primary N) is 1. The minimum Gasteiger partial charge on any atom is -0.421 e. The van der Waals surface area contributed by atoms with Gasteiger partial charge in [-0.3, -0.25) is 4.84 Å². The molecular weight excluding hydrogens is 362 g/mol. The summed E-state index contributed by atoms with van der Waals surface area (Å²) in [6, 6.07) is 8.69. The average molecular weight is 385 g/mol. The zero-order valence-corrected chi connectivity index (χ0v) is 15.4. The number of hydrogen-bond acceptors (Lipinski definition) is 7. The first-order valence-electron chi connectivity index (χ1n) is 9.58. The molecule has 3 atom stereocenters. The molecule has 9 heteroatoms. The predicted octanol–water partition coefficient (Wildman–Crippen LogP) is 1.52. The lowest BCUT2D eigenvalue weighted by Gasteiger charge is -2.35. The van der Waals surface area contributed by atoms with Crippen LogP contribution in [0.15, 0.2) is 34.7 Å². The topological polar surface area (TPSA) is 118 Å². The molecule has 0 unspecified atom stereocenters. The second-order valence-corrected chi connectivity index (χ2v) is 7.89. The molecule has 5 rings (SSSR count). The van der Waals surface area contributed by atoms with Gasteiger partial charge in [0.25, 0.3) is 0 Å². The lowest BCUT2D eigenvalue weighted by molar-refractivity contribution is -0.153. The van der Waals surface area contributed by atoms with Gasteiger partial charge in [0.05, 0.1) is 12.6 Å². The number of carbonyl (C=O) groups is 1. The molecule has 28 heavy (non-hydrogen) atoms. The van der Waals surface area contributed by atoms with Gasteiger partial charge in [0, 0.05) is 6.54 Å². The van der Waals surface area contributed by atoms with E-state index >= 15 is 0 Å². The van der Waals surface area contributed by atoms with E-state index in [1.807, 2.05) is 30.3 Å². The molecule has 1 aliphatic carbocycles. The largest absolute Gasteiger partial charge is 0.421 e.